The van der Waals surface area contributed by atoms with E-state index in [2.05, 4.69) is 14.9 Å². The van der Waals surface area contributed by atoms with Crippen LogP contribution in [0.5, 0.6) is 0 Å². The van der Waals surface area contributed by atoms with Gasteiger partial charge in [0.15, 0.2) is 0 Å². The van der Waals surface area contributed by atoms with Crippen LogP contribution in [0.2, 0.25) is 0 Å². The number of fused-ring (bicyclic) bond motifs is 1. The summed E-state index contributed by atoms with van der Waals surface area (Å²) in [6.07, 6.45) is 3.22. The summed E-state index contributed by atoms with van der Waals surface area (Å²) in [6.45, 7) is 2.27. The lowest BCUT2D eigenvalue weighted by molar-refractivity contribution is 0.326. The fraction of sp³-hybridized carbons (Fsp3) is 0.500. The van der Waals surface area contributed by atoms with Crippen LogP contribution in [0.25, 0.3) is 10.9 Å². The lowest BCUT2D eigenvalue weighted by atomic mass is 9.99. The lowest BCUT2D eigenvalue weighted by Crippen LogP contribution is -2.52. The van der Waals surface area contributed by atoms with Crippen LogP contribution in [-0.2, 0) is 10.0 Å². The van der Waals surface area contributed by atoms with E-state index in [1.807, 2.05) is 24.3 Å². The Hall–Kier alpha value is -1.73. The van der Waals surface area contributed by atoms with E-state index >= 15 is 0 Å². The Morgan fingerprint density at radius 3 is 2.70 bits per heavy atom. The second kappa shape index (κ2) is 5.42. The second-order valence-corrected chi connectivity index (χ2v) is 8.83. The van der Waals surface area contributed by atoms with Crippen molar-refractivity contribution >= 4 is 26.7 Å². The Morgan fingerprint density at radius 2 is 1.96 bits per heavy atom. The van der Waals surface area contributed by atoms with Crippen molar-refractivity contribution in [3.05, 3.63) is 30.6 Å². The molecule has 7 heteroatoms. The second-order valence-electron chi connectivity index (χ2n) is 6.51. The molecule has 1 saturated carbocycles. The zero-order valence-corrected chi connectivity index (χ0v) is 13.9. The third-order valence-corrected chi connectivity index (χ3v) is 7.01. The minimum Gasteiger partial charge on any atom is -0.355 e. The molecule has 2 fully saturated rings. The molecule has 1 saturated heterocycles. The normalized spacial score (nSPS) is 19.3. The summed E-state index contributed by atoms with van der Waals surface area (Å²) in [7, 11) is -1.36. The molecule has 1 aromatic carbocycles. The van der Waals surface area contributed by atoms with Crippen LogP contribution < -0.4 is 4.90 Å². The molecule has 0 N–H and O–H groups in total. The van der Waals surface area contributed by atoms with Gasteiger partial charge in [0.2, 0.25) is 10.0 Å². The summed E-state index contributed by atoms with van der Waals surface area (Å²) in [5.41, 5.74) is 0.939. The van der Waals surface area contributed by atoms with Gasteiger partial charge in [0, 0.05) is 38.0 Å². The van der Waals surface area contributed by atoms with Crippen molar-refractivity contribution < 1.29 is 8.42 Å². The number of sulfonamides is 1. The first kappa shape index (κ1) is 14.8. The van der Waals surface area contributed by atoms with E-state index in [4.69, 9.17) is 0 Å². The first-order chi connectivity index (χ1) is 11.1. The van der Waals surface area contributed by atoms with E-state index in [0.29, 0.717) is 12.5 Å². The molecule has 0 unspecified atom stereocenters. The highest BCUT2D eigenvalue weighted by Gasteiger charge is 2.40. The van der Waals surface area contributed by atoms with Gasteiger partial charge in [-0.1, -0.05) is 12.1 Å². The van der Waals surface area contributed by atoms with Gasteiger partial charge in [-0.25, -0.2) is 22.7 Å². The highest BCUT2D eigenvalue weighted by Crippen LogP contribution is 2.33. The molecule has 0 amide bonds. The third kappa shape index (κ3) is 2.68. The van der Waals surface area contributed by atoms with E-state index in [1.54, 1.807) is 17.7 Å². The van der Waals surface area contributed by atoms with Crippen molar-refractivity contribution in [3.63, 3.8) is 0 Å². The molecule has 0 atom stereocenters. The number of anilines is 1. The molecule has 1 aliphatic heterocycles. The lowest BCUT2D eigenvalue weighted by Gasteiger charge is -2.41. The first-order valence-corrected chi connectivity index (χ1v) is 9.46. The van der Waals surface area contributed by atoms with Gasteiger partial charge >= 0.3 is 0 Å². The fourth-order valence-corrected chi connectivity index (χ4v) is 4.85. The van der Waals surface area contributed by atoms with Gasteiger partial charge in [-0.15, -0.1) is 0 Å². The van der Waals surface area contributed by atoms with Crippen molar-refractivity contribution in [2.24, 2.45) is 5.92 Å². The van der Waals surface area contributed by atoms with Crippen LogP contribution in [0, 0.1) is 5.92 Å². The Bertz CT molecular complexity index is 824. The molecule has 4 rings (SSSR count). The molecule has 6 nitrogen and oxygen atoms in total. The Balaban J connectivity index is 1.43. The molecule has 1 aromatic heterocycles. The SMILES string of the molecule is CN(CC1CN(c2ncnc3ccccc23)C1)S(=O)(=O)C1CC1. The molecule has 2 aromatic rings. The van der Waals surface area contributed by atoms with Crippen LogP contribution in [0.3, 0.4) is 0 Å². The van der Waals surface area contributed by atoms with E-state index < -0.39 is 10.0 Å². The third-order valence-electron chi connectivity index (χ3n) is 4.67. The van der Waals surface area contributed by atoms with E-state index in [0.717, 1.165) is 42.7 Å². The summed E-state index contributed by atoms with van der Waals surface area (Å²) in [4.78, 5) is 10.9. The van der Waals surface area contributed by atoms with Gasteiger partial charge < -0.3 is 4.90 Å². The maximum absolute atomic E-state index is 12.2. The zero-order chi connectivity index (χ0) is 16.0. The van der Waals surface area contributed by atoms with Gasteiger partial charge in [-0.05, 0) is 25.0 Å². The van der Waals surface area contributed by atoms with Gasteiger partial charge in [0.05, 0.1) is 10.8 Å². The van der Waals surface area contributed by atoms with Crippen molar-refractivity contribution in [2.75, 3.05) is 31.6 Å². The van der Waals surface area contributed by atoms with Gasteiger partial charge in [0.1, 0.15) is 12.1 Å². The largest absolute Gasteiger partial charge is 0.355 e. The standard InChI is InChI=1S/C16H20N4O2S/c1-19(23(21,22)13-6-7-13)8-12-9-20(10-12)16-14-4-2-3-5-15(14)17-11-18-16/h2-5,11-13H,6-10H2,1H3. The molecular formula is C16H20N4O2S. The van der Waals surface area contributed by atoms with Crippen molar-refractivity contribution in [2.45, 2.75) is 18.1 Å². The van der Waals surface area contributed by atoms with Crippen LogP contribution in [0.4, 0.5) is 5.82 Å². The van der Waals surface area contributed by atoms with Crippen molar-refractivity contribution in [1.82, 2.24) is 14.3 Å². The number of hydrogen-bond donors (Lipinski definition) is 0. The highest BCUT2D eigenvalue weighted by atomic mass is 32.2. The predicted octanol–water partition coefficient (Wildman–Crippen LogP) is 1.49. The molecule has 2 aliphatic rings. The van der Waals surface area contributed by atoms with Gasteiger partial charge in [0.25, 0.3) is 0 Å². The maximum Gasteiger partial charge on any atom is 0.216 e. The topological polar surface area (TPSA) is 66.4 Å². The molecule has 0 spiro atoms. The van der Waals surface area contributed by atoms with E-state index in [9.17, 15) is 8.42 Å². The van der Waals surface area contributed by atoms with Crippen molar-refractivity contribution in [1.29, 1.82) is 0 Å². The van der Waals surface area contributed by atoms with Crippen molar-refractivity contribution in [3.8, 4) is 0 Å². The molecule has 2 heterocycles. The number of para-hydroxylation sites is 1. The van der Waals surface area contributed by atoms with Crippen LogP contribution in [0.1, 0.15) is 12.8 Å². The quantitative estimate of drug-likeness (QED) is 0.830. The average molecular weight is 332 g/mol. The van der Waals surface area contributed by atoms with Gasteiger partial charge in [-0.3, -0.25) is 0 Å². The minimum atomic E-state index is -3.06. The minimum absolute atomic E-state index is 0.130. The zero-order valence-electron chi connectivity index (χ0n) is 13.1. The maximum atomic E-state index is 12.2. The average Bonchev–Trinajstić information content (AvgIpc) is 3.35. The number of nitrogens with zero attached hydrogens (tertiary/aromatic N) is 4. The number of benzene rings is 1. The van der Waals surface area contributed by atoms with Gasteiger partial charge in [-0.2, -0.15) is 0 Å². The summed E-state index contributed by atoms with van der Waals surface area (Å²) in [5, 5.41) is 0.918. The Labute approximate surface area is 136 Å². The van der Waals surface area contributed by atoms with Crippen LogP contribution in [0.15, 0.2) is 30.6 Å². The summed E-state index contributed by atoms with van der Waals surface area (Å²) in [5.74, 6) is 1.31. The Kier molecular flexibility index (Phi) is 3.50. The molecule has 1 aliphatic carbocycles. The summed E-state index contributed by atoms with van der Waals surface area (Å²) < 4.78 is 25.9. The molecule has 0 bridgehead atoms. The number of aromatic nitrogens is 2. The smallest absolute Gasteiger partial charge is 0.216 e. The first-order valence-electron chi connectivity index (χ1n) is 7.95. The predicted molar refractivity (Wildman–Crippen MR) is 89.8 cm³/mol. The monoisotopic (exact) mass is 332 g/mol. The molecular weight excluding hydrogens is 312 g/mol. The highest BCUT2D eigenvalue weighted by molar-refractivity contribution is 7.90. The molecule has 0 radical (unpaired) electrons. The summed E-state index contributed by atoms with van der Waals surface area (Å²) in [6, 6.07) is 7.97. The fourth-order valence-electron chi connectivity index (χ4n) is 3.19. The van der Waals surface area contributed by atoms with E-state index in [-0.39, 0.29) is 5.25 Å². The molecule has 23 heavy (non-hydrogen) atoms. The van der Waals surface area contributed by atoms with Crippen LogP contribution in [-0.4, -0.2) is 54.6 Å². The number of hydrogen-bond acceptors (Lipinski definition) is 5. The number of rotatable bonds is 5. The summed E-state index contributed by atoms with van der Waals surface area (Å²) >= 11 is 0. The van der Waals surface area contributed by atoms with Crippen LogP contribution >= 0.6 is 0 Å². The van der Waals surface area contributed by atoms with E-state index in [1.165, 1.54) is 0 Å². The molecule has 122 valence electrons. The Morgan fingerprint density at radius 1 is 1.22 bits per heavy atom.